The van der Waals surface area contributed by atoms with Crippen LogP contribution in [0.5, 0.6) is 5.75 Å². The lowest BCUT2D eigenvalue weighted by Gasteiger charge is -2.26. The molecule has 1 aromatic carbocycles. The highest BCUT2D eigenvalue weighted by molar-refractivity contribution is 5.78. The van der Waals surface area contributed by atoms with Crippen LogP contribution in [0.1, 0.15) is 94.1 Å². The molecule has 0 radical (unpaired) electrons. The van der Waals surface area contributed by atoms with Gasteiger partial charge in [-0.25, -0.2) is 9.59 Å². The topological polar surface area (TPSA) is 77.5 Å². The third kappa shape index (κ3) is 14.3. The van der Waals surface area contributed by atoms with E-state index in [1.54, 1.807) is 26.0 Å². The zero-order valence-electron chi connectivity index (χ0n) is 29.8. The molecule has 0 saturated carbocycles. The summed E-state index contributed by atoms with van der Waals surface area (Å²) in [7, 11) is 3.32. The maximum absolute atomic E-state index is 13.3. The van der Waals surface area contributed by atoms with E-state index in [1.165, 1.54) is 0 Å². The van der Waals surface area contributed by atoms with E-state index in [4.69, 9.17) is 18.9 Å². The second-order valence-corrected chi connectivity index (χ2v) is 11.6. The molecule has 4 unspecified atom stereocenters. The normalized spacial score (nSPS) is 17.8. The number of hydrogen-bond acceptors (Lipinski definition) is 6. The number of carbonyl (C=O) groups is 2. The third-order valence-electron chi connectivity index (χ3n) is 7.05. The van der Waals surface area contributed by atoms with E-state index in [0.29, 0.717) is 31.4 Å². The maximum atomic E-state index is 13.3. The lowest BCUT2D eigenvalue weighted by molar-refractivity contribution is -0.162. The standard InChI is InChI=1S/C32H50N2O6.2C2H6/c1-23(2)24(3)13-10-11-20-34-29(38-9)28(33(31(34)36)21-22-37-8)15-12-14-26-16-18-27(19-17-26)39-25(4)30(35)40-32(5,6)7;2*1-2/h10-11,16-19,24-25,28-29H,1,12-15,20-22H2,2-9H3;2*1-2H3/b11-10+;;. The number of aryl methyl sites for hydroxylation is 1. The molecule has 1 heterocycles. The molecule has 8 heteroatoms. The van der Waals surface area contributed by atoms with Gasteiger partial charge in [0.25, 0.3) is 0 Å². The Morgan fingerprint density at radius 3 is 2.16 bits per heavy atom. The summed E-state index contributed by atoms with van der Waals surface area (Å²) in [6, 6.07) is 7.69. The number of ether oxygens (including phenoxy) is 4. The molecule has 0 N–H and O–H groups in total. The van der Waals surface area contributed by atoms with Crippen molar-refractivity contribution in [2.75, 3.05) is 33.9 Å². The van der Waals surface area contributed by atoms with Gasteiger partial charge in [0.15, 0.2) is 12.3 Å². The van der Waals surface area contributed by atoms with E-state index in [1.807, 2.05) is 90.6 Å². The van der Waals surface area contributed by atoms with Crippen molar-refractivity contribution in [1.82, 2.24) is 9.80 Å². The van der Waals surface area contributed by atoms with Crippen molar-refractivity contribution in [1.29, 1.82) is 0 Å². The first-order chi connectivity index (χ1) is 20.9. The summed E-state index contributed by atoms with van der Waals surface area (Å²) in [6.07, 6.45) is 6.58. The predicted molar refractivity (Wildman–Crippen MR) is 181 cm³/mol. The highest BCUT2D eigenvalue weighted by Crippen LogP contribution is 2.28. The second-order valence-electron chi connectivity index (χ2n) is 11.6. The van der Waals surface area contributed by atoms with Gasteiger partial charge in [-0.2, -0.15) is 0 Å². The molecule has 0 aliphatic carbocycles. The van der Waals surface area contributed by atoms with E-state index >= 15 is 0 Å². The Morgan fingerprint density at radius 1 is 1.02 bits per heavy atom. The minimum atomic E-state index is -0.693. The second kappa shape index (κ2) is 21.8. The molecule has 8 nitrogen and oxygen atoms in total. The number of nitrogens with zero attached hydrogens (tertiary/aromatic N) is 2. The van der Waals surface area contributed by atoms with Gasteiger partial charge in [0.1, 0.15) is 11.4 Å². The van der Waals surface area contributed by atoms with Crippen molar-refractivity contribution in [2.24, 2.45) is 5.92 Å². The van der Waals surface area contributed by atoms with Gasteiger partial charge in [-0.15, -0.1) is 0 Å². The van der Waals surface area contributed by atoms with Crippen LogP contribution in [0.2, 0.25) is 0 Å². The Kier molecular flexibility index (Phi) is 20.4. The van der Waals surface area contributed by atoms with Crippen molar-refractivity contribution >= 4 is 12.0 Å². The molecular weight excluding hydrogens is 556 g/mol. The molecule has 1 fully saturated rings. The van der Waals surface area contributed by atoms with Crippen LogP contribution in [-0.4, -0.2) is 79.7 Å². The van der Waals surface area contributed by atoms with Crippen LogP contribution in [-0.2, 0) is 25.4 Å². The summed E-state index contributed by atoms with van der Waals surface area (Å²) in [5.74, 6) is 0.637. The van der Waals surface area contributed by atoms with E-state index in [-0.39, 0.29) is 24.3 Å². The van der Waals surface area contributed by atoms with Crippen LogP contribution in [0.4, 0.5) is 4.79 Å². The Hall–Kier alpha value is -2.84. The summed E-state index contributed by atoms with van der Waals surface area (Å²) >= 11 is 0. The molecule has 1 saturated heterocycles. The number of amides is 2. The van der Waals surface area contributed by atoms with Crippen LogP contribution in [0.3, 0.4) is 0 Å². The summed E-state index contributed by atoms with van der Waals surface area (Å²) in [6.45, 7) is 24.9. The first kappa shape index (κ1) is 41.2. The first-order valence-electron chi connectivity index (χ1n) is 16.3. The molecule has 1 aromatic rings. The van der Waals surface area contributed by atoms with E-state index < -0.39 is 11.7 Å². The van der Waals surface area contributed by atoms with E-state index in [2.05, 4.69) is 19.6 Å². The van der Waals surface area contributed by atoms with Gasteiger partial charge in [-0.05, 0) is 83.9 Å². The summed E-state index contributed by atoms with van der Waals surface area (Å²) in [5.41, 5.74) is 1.76. The zero-order chi connectivity index (χ0) is 33.9. The summed E-state index contributed by atoms with van der Waals surface area (Å²) < 4.78 is 22.3. The number of benzene rings is 1. The highest BCUT2D eigenvalue weighted by atomic mass is 16.6. The van der Waals surface area contributed by atoms with Gasteiger partial charge in [-0.1, -0.05) is 71.1 Å². The lowest BCUT2D eigenvalue weighted by atomic mass is 10.0. The SMILES string of the molecule is C=C(C)C(C)C/C=C/CN1C(=O)N(CCOC)C(CCCc2ccc(OC(C)C(=O)OC(C)(C)C)cc2)C1OC.CC.CC. The Balaban J connectivity index is 0.00000443. The molecule has 1 aliphatic rings. The average molecular weight is 619 g/mol. The fourth-order valence-electron chi connectivity index (χ4n) is 4.57. The molecule has 44 heavy (non-hydrogen) atoms. The third-order valence-corrected chi connectivity index (χ3v) is 7.05. The largest absolute Gasteiger partial charge is 0.479 e. The van der Waals surface area contributed by atoms with Gasteiger partial charge in [0.2, 0.25) is 0 Å². The van der Waals surface area contributed by atoms with Gasteiger partial charge in [0.05, 0.1) is 12.6 Å². The molecule has 0 aromatic heterocycles. The van der Waals surface area contributed by atoms with Crippen molar-refractivity contribution in [2.45, 2.75) is 119 Å². The molecule has 1 aliphatic heterocycles. The molecule has 4 atom stereocenters. The van der Waals surface area contributed by atoms with Crippen LogP contribution >= 0.6 is 0 Å². The van der Waals surface area contributed by atoms with Crippen molar-refractivity contribution in [3.05, 3.63) is 54.1 Å². The number of hydrogen-bond donors (Lipinski definition) is 0. The molecule has 0 spiro atoms. The molecule has 252 valence electrons. The van der Waals surface area contributed by atoms with Gasteiger partial charge < -0.3 is 23.8 Å². The summed E-state index contributed by atoms with van der Waals surface area (Å²) in [5, 5.41) is 0. The number of methoxy groups -OCH3 is 2. The Morgan fingerprint density at radius 2 is 1.64 bits per heavy atom. The molecule has 2 rings (SSSR count). The molecule has 2 amide bonds. The van der Waals surface area contributed by atoms with Crippen LogP contribution in [0.25, 0.3) is 0 Å². The fourth-order valence-corrected chi connectivity index (χ4v) is 4.57. The predicted octanol–water partition coefficient (Wildman–Crippen LogP) is 8.05. The molecule has 0 bridgehead atoms. The average Bonchev–Trinajstić information content (AvgIpc) is 3.25. The zero-order valence-corrected chi connectivity index (χ0v) is 29.8. The number of esters is 1. The minimum absolute atomic E-state index is 0.0212. The van der Waals surface area contributed by atoms with E-state index in [9.17, 15) is 9.59 Å². The smallest absolute Gasteiger partial charge is 0.347 e. The highest BCUT2D eigenvalue weighted by Gasteiger charge is 2.44. The lowest BCUT2D eigenvalue weighted by Crippen LogP contribution is -2.39. The Bertz CT molecular complexity index is 985. The minimum Gasteiger partial charge on any atom is -0.479 e. The fraction of sp³-hybridized carbons (Fsp3) is 0.667. The van der Waals surface area contributed by atoms with Crippen molar-refractivity contribution < 1.29 is 28.5 Å². The van der Waals surface area contributed by atoms with Crippen molar-refractivity contribution in [3.63, 3.8) is 0 Å². The first-order valence-corrected chi connectivity index (χ1v) is 16.3. The number of allylic oxidation sites excluding steroid dienone is 2. The number of rotatable bonds is 16. The number of carbonyl (C=O) groups excluding carboxylic acids is 2. The quantitative estimate of drug-likeness (QED) is 0.138. The Labute approximate surface area is 268 Å². The van der Waals surface area contributed by atoms with Crippen LogP contribution in [0.15, 0.2) is 48.6 Å². The van der Waals surface area contributed by atoms with E-state index in [0.717, 1.165) is 36.8 Å². The van der Waals surface area contributed by atoms with Gasteiger partial charge >= 0.3 is 12.0 Å². The number of urea groups is 1. The van der Waals surface area contributed by atoms with Crippen LogP contribution in [0, 0.1) is 5.92 Å². The maximum Gasteiger partial charge on any atom is 0.347 e. The van der Waals surface area contributed by atoms with Crippen LogP contribution < -0.4 is 4.74 Å². The molecular formula is C36H62N2O6. The summed E-state index contributed by atoms with van der Waals surface area (Å²) in [4.78, 5) is 29.2. The van der Waals surface area contributed by atoms with Gasteiger partial charge in [-0.3, -0.25) is 4.90 Å². The van der Waals surface area contributed by atoms with Gasteiger partial charge in [0, 0.05) is 27.3 Å². The monoisotopic (exact) mass is 618 g/mol. The van der Waals surface area contributed by atoms with Crippen molar-refractivity contribution in [3.8, 4) is 5.75 Å².